The minimum absolute atomic E-state index is 0.0574. The molecule has 1 aromatic carbocycles. The fourth-order valence-electron chi connectivity index (χ4n) is 3.39. The summed E-state index contributed by atoms with van der Waals surface area (Å²) in [6.45, 7) is 8.59. The molecule has 0 bridgehead atoms. The molecule has 0 saturated heterocycles. The molecule has 1 saturated carbocycles. The van der Waals surface area contributed by atoms with Gasteiger partial charge in [-0.3, -0.25) is 0 Å². The largest absolute Gasteiger partial charge is 0.313 e. The van der Waals surface area contributed by atoms with Crippen LogP contribution in [0.25, 0.3) is 0 Å². The standard InChI is InChI=1S/C15H20BrF2N/c1-14(2)13(15(14,3)4)12(19-5)10-9(17)7-6-8(16)11(10)18/h6-7,12-13,19H,1-5H3. The molecule has 0 spiro atoms. The van der Waals surface area contributed by atoms with Crippen molar-refractivity contribution < 1.29 is 8.78 Å². The number of benzene rings is 1. The van der Waals surface area contributed by atoms with E-state index in [-0.39, 0.29) is 28.4 Å². The lowest BCUT2D eigenvalue weighted by Crippen LogP contribution is -2.24. The Labute approximate surface area is 121 Å². The highest BCUT2D eigenvalue weighted by molar-refractivity contribution is 9.10. The first-order valence-corrected chi connectivity index (χ1v) is 7.26. The van der Waals surface area contributed by atoms with Gasteiger partial charge in [0.05, 0.1) is 4.47 Å². The minimum atomic E-state index is -0.502. The summed E-state index contributed by atoms with van der Waals surface area (Å²) in [6, 6.07) is 2.40. The Balaban J connectivity index is 2.49. The third-order valence-corrected chi connectivity index (χ3v) is 5.78. The SMILES string of the molecule is CNC(c1c(F)ccc(Br)c1F)C1C(C)(C)C1(C)C. The van der Waals surface area contributed by atoms with Gasteiger partial charge in [0.15, 0.2) is 0 Å². The number of hydrogen-bond acceptors (Lipinski definition) is 1. The summed E-state index contributed by atoms with van der Waals surface area (Å²) in [5.74, 6) is -0.792. The molecule has 106 valence electrons. The van der Waals surface area contributed by atoms with Crippen LogP contribution in [0.1, 0.15) is 39.3 Å². The van der Waals surface area contributed by atoms with Gasteiger partial charge in [-0.1, -0.05) is 27.7 Å². The van der Waals surface area contributed by atoms with Crippen LogP contribution < -0.4 is 5.32 Å². The van der Waals surface area contributed by atoms with Crippen molar-refractivity contribution in [3.63, 3.8) is 0 Å². The maximum Gasteiger partial charge on any atom is 0.145 e. The second-order valence-corrected chi connectivity index (χ2v) is 7.30. The van der Waals surface area contributed by atoms with Gasteiger partial charge in [0, 0.05) is 11.6 Å². The molecular weight excluding hydrogens is 312 g/mol. The van der Waals surface area contributed by atoms with Crippen LogP contribution in [0.4, 0.5) is 8.78 Å². The molecule has 0 radical (unpaired) electrons. The molecule has 0 aromatic heterocycles. The molecule has 1 atom stereocenters. The van der Waals surface area contributed by atoms with Gasteiger partial charge in [0.1, 0.15) is 11.6 Å². The van der Waals surface area contributed by atoms with Crippen molar-refractivity contribution in [1.29, 1.82) is 0 Å². The Kier molecular flexibility index (Phi) is 3.55. The van der Waals surface area contributed by atoms with Crippen LogP contribution in [-0.2, 0) is 0 Å². The number of hydrogen-bond donors (Lipinski definition) is 1. The monoisotopic (exact) mass is 331 g/mol. The topological polar surface area (TPSA) is 12.0 Å². The van der Waals surface area contributed by atoms with E-state index in [1.165, 1.54) is 12.1 Å². The van der Waals surface area contributed by atoms with Gasteiger partial charge in [-0.05, 0) is 51.9 Å². The number of rotatable bonds is 3. The normalized spacial score (nSPS) is 22.3. The average Bonchev–Trinajstić information content (AvgIpc) is 2.71. The van der Waals surface area contributed by atoms with Crippen LogP contribution >= 0.6 is 15.9 Å². The fourth-order valence-corrected chi connectivity index (χ4v) is 3.73. The molecular formula is C15H20BrF2N. The molecule has 2 rings (SSSR count). The first-order chi connectivity index (χ1) is 8.66. The van der Waals surface area contributed by atoms with Gasteiger partial charge < -0.3 is 5.32 Å². The molecule has 0 amide bonds. The highest BCUT2D eigenvalue weighted by Gasteiger charge is 2.67. The molecule has 0 aliphatic heterocycles. The summed E-state index contributed by atoms with van der Waals surface area (Å²) in [5, 5.41) is 3.10. The second kappa shape index (κ2) is 4.52. The molecule has 1 aliphatic rings. The van der Waals surface area contributed by atoms with Gasteiger partial charge in [-0.25, -0.2) is 8.78 Å². The molecule has 19 heavy (non-hydrogen) atoms. The Morgan fingerprint density at radius 3 is 2.11 bits per heavy atom. The molecule has 1 N–H and O–H groups in total. The first-order valence-electron chi connectivity index (χ1n) is 6.47. The van der Waals surface area contributed by atoms with Crippen LogP contribution in [0.2, 0.25) is 0 Å². The number of halogens is 3. The number of nitrogens with one attached hydrogen (secondary N) is 1. The highest BCUT2D eigenvalue weighted by Crippen LogP contribution is 2.72. The summed E-state index contributed by atoms with van der Waals surface area (Å²) in [6.07, 6.45) is 0. The zero-order chi connectivity index (χ0) is 14.6. The lowest BCUT2D eigenvalue weighted by molar-refractivity contribution is 0.401. The molecule has 1 unspecified atom stereocenters. The van der Waals surface area contributed by atoms with Gasteiger partial charge in [-0.15, -0.1) is 0 Å². The van der Waals surface area contributed by atoms with Crippen LogP contribution in [0, 0.1) is 28.4 Å². The van der Waals surface area contributed by atoms with E-state index in [2.05, 4.69) is 48.9 Å². The van der Waals surface area contributed by atoms with Crippen LogP contribution in [0.3, 0.4) is 0 Å². The van der Waals surface area contributed by atoms with Gasteiger partial charge in [0.25, 0.3) is 0 Å². The third-order valence-electron chi connectivity index (χ3n) is 5.17. The van der Waals surface area contributed by atoms with Gasteiger partial charge in [-0.2, -0.15) is 0 Å². The lowest BCUT2D eigenvalue weighted by Gasteiger charge is -2.21. The molecule has 0 heterocycles. The van der Waals surface area contributed by atoms with Crippen LogP contribution in [-0.4, -0.2) is 7.05 Å². The molecule has 1 fully saturated rings. The van der Waals surface area contributed by atoms with E-state index in [4.69, 9.17) is 0 Å². The summed E-state index contributed by atoms with van der Waals surface area (Å²) < 4.78 is 28.6. The summed E-state index contributed by atoms with van der Waals surface area (Å²) in [7, 11) is 1.76. The second-order valence-electron chi connectivity index (χ2n) is 6.44. The van der Waals surface area contributed by atoms with Gasteiger partial charge >= 0.3 is 0 Å². The predicted octanol–water partition coefficient (Wildman–Crippen LogP) is 4.67. The Bertz CT molecular complexity index is 497. The van der Waals surface area contributed by atoms with Crippen molar-refractivity contribution in [2.75, 3.05) is 7.05 Å². The van der Waals surface area contributed by atoms with E-state index >= 15 is 0 Å². The summed E-state index contributed by atoms with van der Waals surface area (Å²) >= 11 is 3.13. The van der Waals surface area contributed by atoms with E-state index < -0.39 is 11.6 Å². The van der Waals surface area contributed by atoms with Gasteiger partial charge in [0.2, 0.25) is 0 Å². The highest BCUT2D eigenvalue weighted by atomic mass is 79.9. The zero-order valence-corrected chi connectivity index (χ0v) is 13.5. The average molecular weight is 332 g/mol. The van der Waals surface area contributed by atoms with Crippen LogP contribution in [0.15, 0.2) is 16.6 Å². The molecule has 1 nitrogen and oxygen atoms in total. The van der Waals surface area contributed by atoms with E-state index in [0.29, 0.717) is 4.47 Å². The maximum absolute atomic E-state index is 14.3. The lowest BCUT2D eigenvalue weighted by atomic mass is 9.95. The maximum atomic E-state index is 14.3. The van der Waals surface area contributed by atoms with Crippen molar-refractivity contribution >= 4 is 15.9 Å². The summed E-state index contributed by atoms with van der Waals surface area (Å²) in [4.78, 5) is 0. The van der Waals surface area contributed by atoms with E-state index in [1.54, 1.807) is 7.05 Å². The molecule has 4 heteroatoms. The van der Waals surface area contributed by atoms with E-state index in [1.807, 2.05) is 0 Å². The first kappa shape index (κ1) is 14.9. The van der Waals surface area contributed by atoms with Crippen molar-refractivity contribution in [2.24, 2.45) is 16.7 Å². The van der Waals surface area contributed by atoms with E-state index in [9.17, 15) is 8.78 Å². The van der Waals surface area contributed by atoms with Crippen molar-refractivity contribution in [3.05, 3.63) is 33.8 Å². The predicted molar refractivity (Wildman–Crippen MR) is 76.9 cm³/mol. The Morgan fingerprint density at radius 2 is 1.68 bits per heavy atom. The smallest absolute Gasteiger partial charge is 0.145 e. The van der Waals surface area contributed by atoms with Crippen molar-refractivity contribution in [2.45, 2.75) is 33.7 Å². The molecule has 1 aromatic rings. The summed E-state index contributed by atoms with van der Waals surface area (Å²) in [5.41, 5.74) is 0.254. The van der Waals surface area contributed by atoms with Crippen LogP contribution in [0.5, 0.6) is 0 Å². The zero-order valence-electron chi connectivity index (χ0n) is 11.9. The third kappa shape index (κ3) is 2.04. The van der Waals surface area contributed by atoms with Crippen molar-refractivity contribution in [1.82, 2.24) is 5.32 Å². The molecule has 1 aliphatic carbocycles. The van der Waals surface area contributed by atoms with Crippen molar-refractivity contribution in [3.8, 4) is 0 Å². The Hall–Kier alpha value is -0.480. The quantitative estimate of drug-likeness (QED) is 0.793. The fraction of sp³-hybridized carbons (Fsp3) is 0.600. The minimum Gasteiger partial charge on any atom is -0.313 e. The van der Waals surface area contributed by atoms with E-state index in [0.717, 1.165) is 0 Å². The Morgan fingerprint density at radius 1 is 1.16 bits per heavy atom.